The van der Waals surface area contributed by atoms with Crippen LogP contribution >= 0.6 is 0 Å². The highest BCUT2D eigenvalue weighted by Crippen LogP contribution is 2.31. The highest BCUT2D eigenvalue weighted by Gasteiger charge is 2.15. The third-order valence-corrected chi connectivity index (χ3v) is 5.57. The van der Waals surface area contributed by atoms with Crippen molar-refractivity contribution in [2.75, 3.05) is 32.0 Å². The molecular formula is C24H22FN5O. The van der Waals surface area contributed by atoms with Gasteiger partial charge in [0.25, 0.3) is 0 Å². The fraction of sp³-hybridized carbons (Fsp3) is 0.208. The van der Waals surface area contributed by atoms with Crippen LogP contribution in [0.2, 0.25) is 0 Å². The molecule has 0 aliphatic carbocycles. The molecule has 1 aliphatic heterocycles. The van der Waals surface area contributed by atoms with Crippen LogP contribution in [0.5, 0.6) is 0 Å². The van der Waals surface area contributed by atoms with Gasteiger partial charge >= 0.3 is 0 Å². The van der Waals surface area contributed by atoms with Crippen molar-refractivity contribution in [3.63, 3.8) is 0 Å². The lowest BCUT2D eigenvalue weighted by molar-refractivity contribution is 0.0337. The van der Waals surface area contributed by atoms with Crippen LogP contribution in [0.4, 0.5) is 10.2 Å². The van der Waals surface area contributed by atoms with E-state index < -0.39 is 0 Å². The van der Waals surface area contributed by atoms with Gasteiger partial charge < -0.3 is 10.5 Å². The minimum Gasteiger partial charge on any atom is -0.384 e. The van der Waals surface area contributed by atoms with Gasteiger partial charge in [-0.2, -0.15) is 0 Å². The summed E-state index contributed by atoms with van der Waals surface area (Å²) >= 11 is 0. The van der Waals surface area contributed by atoms with E-state index in [2.05, 4.69) is 19.9 Å². The first kappa shape index (κ1) is 19.5. The van der Waals surface area contributed by atoms with Crippen LogP contribution in [0.1, 0.15) is 5.56 Å². The number of anilines is 1. The average Bonchev–Trinajstić information content (AvgIpc) is 2.80. The Balaban J connectivity index is 1.52. The van der Waals surface area contributed by atoms with Crippen LogP contribution in [0.15, 0.2) is 61.1 Å². The summed E-state index contributed by atoms with van der Waals surface area (Å²) in [6, 6.07) is 15.0. The molecule has 1 aliphatic rings. The van der Waals surface area contributed by atoms with E-state index in [0.29, 0.717) is 36.8 Å². The summed E-state index contributed by atoms with van der Waals surface area (Å²) in [4.78, 5) is 15.1. The Bertz CT molecular complexity index is 1240. The van der Waals surface area contributed by atoms with Gasteiger partial charge in [-0.05, 0) is 41.5 Å². The molecule has 7 heteroatoms. The van der Waals surface area contributed by atoms with Gasteiger partial charge in [0.05, 0.1) is 24.4 Å². The quantitative estimate of drug-likeness (QED) is 0.545. The van der Waals surface area contributed by atoms with Crippen LogP contribution in [0.25, 0.3) is 33.3 Å². The molecular weight excluding hydrogens is 393 g/mol. The van der Waals surface area contributed by atoms with E-state index in [0.717, 1.165) is 40.7 Å². The molecule has 0 amide bonds. The third kappa shape index (κ3) is 4.10. The topological polar surface area (TPSA) is 77.2 Å². The van der Waals surface area contributed by atoms with E-state index in [-0.39, 0.29) is 5.82 Å². The first-order chi connectivity index (χ1) is 15.2. The smallest absolute Gasteiger partial charge is 0.128 e. The van der Waals surface area contributed by atoms with Crippen molar-refractivity contribution in [2.24, 2.45) is 0 Å². The lowest BCUT2D eigenvalue weighted by Crippen LogP contribution is -2.35. The van der Waals surface area contributed by atoms with Crippen molar-refractivity contribution < 1.29 is 9.13 Å². The summed E-state index contributed by atoms with van der Waals surface area (Å²) in [7, 11) is 0. The minimum atomic E-state index is -0.228. The Morgan fingerprint density at radius 3 is 2.52 bits per heavy atom. The highest BCUT2D eigenvalue weighted by atomic mass is 19.1. The van der Waals surface area contributed by atoms with Gasteiger partial charge in [-0.25, -0.2) is 19.3 Å². The van der Waals surface area contributed by atoms with E-state index in [4.69, 9.17) is 10.5 Å². The molecule has 1 fully saturated rings. The fourth-order valence-corrected chi connectivity index (χ4v) is 3.92. The molecule has 1 saturated heterocycles. The van der Waals surface area contributed by atoms with E-state index in [1.54, 1.807) is 12.3 Å². The number of hydrogen-bond acceptors (Lipinski definition) is 6. The molecule has 2 aromatic carbocycles. The van der Waals surface area contributed by atoms with E-state index in [1.807, 2.05) is 42.5 Å². The summed E-state index contributed by atoms with van der Waals surface area (Å²) in [5, 5.41) is 0.857. The number of nitrogens with zero attached hydrogens (tertiary/aromatic N) is 4. The van der Waals surface area contributed by atoms with Gasteiger partial charge in [0, 0.05) is 42.3 Å². The number of hydrogen-bond donors (Lipinski definition) is 1. The summed E-state index contributed by atoms with van der Waals surface area (Å²) in [6.07, 6.45) is 3.20. The zero-order valence-corrected chi connectivity index (χ0v) is 17.0. The molecule has 0 unspecified atom stereocenters. The number of aromatic nitrogens is 3. The normalized spacial score (nSPS) is 14.7. The molecule has 4 aromatic rings. The van der Waals surface area contributed by atoms with Crippen LogP contribution in [-0.2, 0) is 11.3 Å². The summed E-state index contributed by atoms with van der Waals surface area (Å²) < 4.78 is 20.3. The van der Waals surface area contributed by atoms with Crippen molar-refractivity contribution in [1.82, 2.24) is 19.9 Å². The van der Waals surface area contributed by atoms with E-state index in [9.17, 15) is 4.39 Å². The summed E-state index contributed by atoms with van der Waals surface area (Å²) in [5.41, 5.74) is 10.7. The van der Waals surface area contributed by atoms with Crippen LogP contribution < -0.4 is 5.73 Å². The molecule has 0 bridgehead atoms. The van der Waals surface area contributed by atoms with Crippen LogP contribution in [0.3, 0.4) is 0 Å². The molecule has 5 rings (SSSR count). The third-order valence-electron chi connectivity index (χ3n) is 5.57. The van der Waals surface area contributed by atoms with Gasteiger partial charge in [0.15, 0.2) is 0 Å². The molecule has 0 radical (unpaired) electrons. The second-order valence-corrected chi connectivity index (χ2v) is 7.62. The van der Waals surface area contributed by atoms with E-state index >= 15 is 0 Å². The molecule has 2 N–H and O–H groups in total. The average molecular weight is 415 g/mol. The Morgan fingerprint density at radius 2 is 1.71 bits per heavy atom. The maximum absolute atomic E-state index is 15.0. The number of morpholine rings is 1. The van der Waals surface area contributed by atoms with Crippen molar-refractivity contribution in [1.29, 1.82) is 0 Å². The molecule has 31 heavy (non-hydrogen) atoms. The molecule has 0 atom stereocenters. The number of benzene rings is 2. The van der Waals surface area contributed by atoms with Gasteiger partial charge in [0.2, 0.25) is 0 Å². The maximum atomic E-state index is 15.0. The first-order valence-corrected chi connectivity index (χ1v) is 10.2. The zero-order chi connectivity index (χ0) is 21.2. The molecule has 3 heterocycles. The molecule has 2 aromatic heterocycles. The Kier molecular flexibility index (Phi) is 5.28. The second-order valence-electron chi connectivity index (χ2n) is 7.62. The van der Waals surface area contributed by atoms with Gasteiger partial charge in [-0.1, -0.05) is 18.2 Å². The highest BCUT2D eigenvalue weighted by molar-refractivity contribution is 5.95. The number of halogens is 1. The lowest BCUT2D eigenvalue weighted by Gasteiger charge is -2.26. The van der Waals surface area contributed by atoms with Gasteiger partial charge in [-0.15, -0.1) is 0 Å². The van der Waals surface area contributed by atoms with Gasteiger partial charge in [-0.3, -0.25) is 4.90 Å². The monoisotopic (exact) mass is 415 g/mol. The van der Waals surface area contributed by atoms with Crippen molar-refractivity contribution >= 4 is 16.7 Å². The Labute approximate surface area is 179 Å². The lowest BCUT2D eigenvalue weighted by atomic mass is 10.00. The molecule has 6 nitrogen and oxygen atoms in total. The predicted molar refractivity (Wildman–Crippen MR) is 119 cm³/mol. The number of fused-ring (bicyclic) bond motifs is 1. The van der Waals surface area contributed by atoms with Gasteiger partial charge in [0.1, 0.15) is 18.0 Å². The van der Waals surface area contributed by atoms with Crippen molar-refractivity contribution in [2.45, 2.75) is 6.54 Å². The maximum Gasteiger partial charge on any atom is 0.128 e. The second kappa shape index (κ2) is 8.37. The van der Waals surface area contributed by atoms with Crippen LogP contribution in [0, 0.1) is 5.82 Å². The van der Waals surface area contributed by atoms with Crippen molar-refractivity contribution in [3.05, 3.63) is 72.4 Å². The fourth-order valence-electron chi connectivity index (χ4n) is 3.92. The van der Waals surface area contributed by atoms with Crippen LogP contribution in [-0.4, -0.2) is 46.2 Å². The molecule has 0 spiro atoms. The standard InChI is InChI=1S/C24H22FN5O/c25-21-12-18(1-2-19(21)14-30-7-9-31-10-8-30)24-20-11-16(3-4-22(20)28-15-29-24)17-5-6-27-23(26)13-17/h1-6,11-13,15H,7-10,14H2,(H2,26,27). The first-order valence-electron chi connectivity index (χ1n) is 10.2. The van der Waals surface area contributed by atoms with E-state index in [1.165, 1.54) is 6.33 Å². The Morgan fingerprint density at radius 1 is 0.903 bits per heavy atom. The number of nitrogen functional groups attached to an aromatic ring is 1. The Hall–Kier alpha value is -3.42. The van der Waals surface area contributed by atoms with Crippen molar-refractivity contribution in [3.8, 4) is 22.4 Å². The largest absolute Gasteiger partial charge is 0.384 e. The number of ether oxygens (including phenoxy) is 1. The minimum absolute atomic E-state index is 0.228. The number of pyridine rings is 1. The molecule has 0 saturated carbocycles. The number of nitrogens with two attached hydrogens (primary N) is 1. The SMILES string of the molecule is Nc1cc(-c2ccc3ncnc(-c4ccc(CN5CCOCC5)c(F)c4)c3c2)ccn1. The summed E-state index contributed by atoms with van der Waals surface area (Å²) in [6.45, 7) is 3.60. The predicted octanol–water partition coefficient (Wildman–Crippen LogP) is 3.91. The zero-order valence-electron chi connectivity index (χ0n) is 17.0. The summed E-state index contributed by atoms with van der Waals surface area (Å²) in [5.74, 6) is 0.230. The number of rotatable bonds is 4. The molecule has 156 valence electrons.